The normalized spacial score (nSPS) is 17.6. The fourth-order valence-electron chi connectivity index (χ4n) is 3.53. The van der Waals surface area contributed by atoms with Crippen LogP contribution in [0.3, 0.4) is 0 Å². The summed E-state index contributed by atoms with van der Waals surface area (Å²) >= 11 is 0. The SMILES string of the molecule is Cc1coc(C(=O)N2CCN(C(=O)CCc3c(C)n[nH]c3C)C(C)C2)c1. The molecule has 2 aromatic heterocycles. The van der Waals surface area contributed by atoms with E-state index in [1.54, 1.807) is 17.2 Å². The van der Waals surface area contributed by atoms with Gasteiger partial charge in [0.25, 0.3) is 5.91 Å². The fraction of sp³-hybridized carbons (Fsp3) is 0.526. The molecule has 0 bridgehead atoms. The summed E-state index contributed by atoms with van der Waals surface area (Å²) in [5.41, 5.74) is 4.02. The van der Waals surface area contributed by atoms with Gasteiger partial charge in [0.15, 0.2) is 5.76 Å². The summed E-state index contributed by atoms with van der Waals surface area (Å²) in [6, 6.07) is 1.74. The molecule has 1 aliphatic heterocycles. The Labute approximate surface area is 153 Å². The molecule has 2 amide bonds. The highest BCUT2D eigenvalue weighted by molar-refractivity contribution is 5.92. The molecule has 0 spiro atoms. The Balaban J connectivity index is 1.56. The van der Waals surface area contributed by atoms with Crippen molar-refractivity contribution in [1.82, 2.24) is 20.0 Å². The molecular formula is C19H26N4O3. The number of carbonyl (C=O) groups is 2. The Morgan fingerprint density at radius 3 is 2.65 bits per heavy atom. The number of hydrogen-bond acceptors (Lipinski definition) is 4. The lowest BCUT2D eigenvalue weighted by Gasteiger charge is -2.39. The van der Waals surface area contributed by atoms with Crippen LogP contribution in [-0.4, -0.2) is 57.5 Å². The second kappa shape index (κ2) is 7.35. The van der Waals surface area contributed by atoms with Gasteiger partial charge in [-0.25, -0.2) is 0 Å². The first-order chi connectivity index (χ1) is 12.4. The highest BCUT2D eigenvalue weighted by Gasteiger charge is 2.31. The first-order valence-electron chi connectivity index (χ1n) is 9.01. The second-order valence-corrected chi connectivity index (χ2v) is 7.09. The van der Waals surface area contributed by atoms with Crippen LogP contribution in [0.1, 0.15) is 46.4 Å². The van der Waals surface area contributed by atoms with Gasteiger partial charge in [-0.2, -0.15) is 5.10 Å². The average molecular weight is 358 g/mol. The van der Waals surface area contributed by atoms with E-state index in [0.717, 1.165) is 22.5 Å². The van der Waals surface area contributed by atoms with Crippen LogP contribution >= 0.6 is 0 Å². The van der Waals surface area contributed by atoms with Crippen molar-refractivity contribution in [2.75, 3.05) is 19.6 Å². The van der Waals surface area contributed by atoms with E-state index in [4.69, 9.17) is 4.42 Å². The molecule has 0 aromatic carbocycles. The van der Waals surface area contributed by atoms with Crippen LogP contribution in [0, 0.1) is 20.8 Å². The van der Waals surface area contributed by atoms with Crippen molar-refractivity contribution < 1.29 is 14.0 Å². The topological polar surface area (TPSA) is 82.4 Å². The van der Waals surface area contributed by atoms with E-state index in [0.29, 0.717) is 38.2 Å². The van der Waals surface area contributed by atoms with Crippen molar-refractivity contribution in [2.24, 2.45) is 0 Å². The molecule has 140 valence electrons. The molecule has 7 heteroatoms. The summed E-state index contributed by atoms with van der Waals surface area (Å²) in [5.74, 6) is 0.375. The van der Waals surface area contributed by atoms with Gasteiger partial charge < -0.3 is 14.2 Å². The lowest BCUT2D eigenvalue weighted by molar-refractivity contribution is -0.135. The molecule has 1 aliphatic rings. The predicted octanol–water partition coefficient (Wildman–Crippen LogP) is 2.23. The average Bonchev–Trinajstić information content (AvgIpc) is 3.18. The summed E-state index contributed by atoms with van der Waals surface area (Å²) in [6.45, 7) is 9.40. The molecule has 1 saturated heterocycles. The number of H-pyrrole nitrogens is 1. The third kappa shape index (κ3) is 3.66. The van der Waals surface area contributed by atoms with E-state index in [-0.39, 0.29) is 17.9 Å². The number of hydrogen-bond donors (Lipinski definition) is 1. The second-order valence-electron chi connectivity index (χ2n) is 7.09. The monoisotopic (exact) mass is 358 g/mol. The summed E-state index contributed by atoms with van der Waals surface area (Å²) in [6.07, 6.45) is 2.72. The highest BCUT2D eigenvalue weighted by Crippen LogP contribution is 2.18. The summed E-state index contributed by atoms with van der Waals surface area (Å²) in [5, 5.41) is 7.14. The standard InChI is InChI=1S/C19H26N4O3/c1-12-9-17(26-11-12)19(25)22-7-8-23(13(2)10-22)18(24)6-5-16-14(3)20-21-15(16)4/h9,11,13H,5-8,10H2,1-4H3,(H,20,21). The Morgan fingerprint density at radius 1 is 1.31 bits per heavy atom. The molecule has 26 heavy (non-hydrogen) atoms. The van der Waals surface area contributed by atoms with Crippen molar-refractivity contribution >= 4 is 11.8 Å². The number of nitrogens with zero attached hydrogens (tertiary/aromatic N) is 3. The minimum atomic E-state index is -0.110. The first-order valence-corrected chi connectivity index (χ1v) is 9.01. The molecule has 2 aromatic rings. The maximum Gasteiger partial charge on any atom is 0.289 e. The van der Waals surface area contributed by atoms with Gasteiger partial charge in [0, 0.05) is 37.8 Å². The molecule has 0 radical (unpaired) electrons. The first kappa shape index (κ1) is 18.2. The van der Waals surface area contributed by atoms with Crippen molar-refractivity contribution in [2.45, 2.75) is 46.6 Å². The van der Waals surface area contributed by atoms with Crippen molar-refractivity contribution in [1.29, 1.82) is 0 Å². The zero-order valence-corrected chi connectivity index (χ0v) is 15.8. The van der Waals surface area contributed by atoms with Crippen LogP contribution in [-0.2, 0) is 11.2 Å². The van der Waals surface area contributed by atoms with E-state index >= 15 is 0 Å². The maximum atomic E-state index is 12.6. The number of aromatic amines is 1. The quantitative estimate of drug-likeness (QED) is 0.909. The Hall–Kier alpha value is -2.57. The molecule has 1 fully saturated rings. The van der Waals surface area contributed by atoms with Crippen LogP contribution in [0.25, 0.3) is 0 Å². The van der Waals surface area contributed by atoms with Crippen molar-refractivity contribution in [3.05, 3.63) is 40.6 Å². The number of nitrogens with one attached hydrogen (secondary N) is 1. The molecule has 7 nitrogen and oxygen atoms in total. The van der Waals surface area contributed by atoms with Crippen LogP contribution in [0.4, 0.5) is 0 Å². The molecule has 1 unspecified atom stereocenters. The maximum absolute atomic E-state index is 12.6. The highest BCUT2D eigenvalue weighted by atomic mass is 16.3. The smallest absolute Gasteiger partial charge is 0.289 e. The van der Waals surface area contributed by atoms with E-state index in [9.17, 15) is 9.59 Å². The zero-order chi connectivity index (χ0) is 18.8. The van der Waals surface area contributed by atoms with Gasteiger partial charge in [-0.3, -0.25) is 14.7 Å². The van der Waals surface area contributed by atoms with Gasteiger partial charge in [0.05, 0.1) is 12.0 Å². The number of furan rings is 1. The van der Waals surface area contributed by atoms with Gasteiger partial charge in [0.1, 0.15) is 0 Å². The molecule has 0 aliphatic carbocycles. The van der Waals surface area contributed by atoms with E-state index in [1.807, 2.05) is 32.6 Å². The van der Waals surface area contributed by atoms with Crippen molar-refractivity contribution in [3.63, 3.8) is 0 Å². The number of amides is 2. The molecular weight excluding hydrogens is 332 g/mol. The third-order valence-electron chi connectivity index (χ3n) is 5.05. The number of piperazine rings is 1. The van der Waals surface area contributed by atoms with E-state index < -0.39 is 0 Å². The summed E-state index contributed by atoms with van der Waals surface area (Å²) in [4.78, 5) is 28.8. The van der Waals surface area contributed by atoms with E-state index in [2.05, 4.69) is 10.2 Å². The van der Waals surface area contributed by atoms with Crippen molar-refractivity contribution in [3.8, 4) is 0 Å². The Kier molecular flexibility index (Phi) is 5.15. The van der Waals surface area contributed by atoms with Gasteiger partial charge in [-0.15, -0.1) is 0 Å². The van der Waals surface area contributed by atoms with Crippen LogP contribution < -0.4 is 0 Å². The lowest BCUT2D eigenvalue weighted by Crippen LogP contribution is -2.55. The largest absolute Gasteiger partial charge is 0.459 e. The third-order valence-corrected chi connectivity index (χ3v) is 5.05. The summed E-state index contributed by atoms with van der Waals surface area (Å²) < 4.78 is 5.31. The minimum absolute atomic E-state index is 0.0113. The summed E-state index contributed by atoms with van der Waals surface area (Å²) in [7, 11) is 0. The molecule has 0 saturated carbocycles. The molecule has 3 heterocycles. The van der Waals surface area contributed by atoms with Gasteiger partial charge in [0.2, 0.25) is 5.91 Å². The van der Waals surface area contributed by atoms with E-state index in [1.165, 1.54) is 0 Å². The molecule has 3 rings (SSSR count). The van der Waals surface area contributed by atoms with Crippen LogP contribution in [0.5, 0.6) is 0 Å². The lowest BCUT2D eigenvalue weighted by atomic mass is 10.1. The predicted molar refractivity (Wildman–Crippen MR) is 96.9 cm³/mol. The Bertz CT molecular complexity index is 788. The fourth-order valence-corrected chi connectivity index (χ4v) is 3.53. The molecule has 1 atom stereocenters. The number of aryl methyl sites for hydroxylation is 3. The Morgan fingerprint density at radius 2 is 2.08 bits per heavy atom. The number of rotatable bonds is 4. The minimum Gasteiger partial charge on any atom is -0.459 e. The van der Waals surface area contributed by atoms with Gasteiger partial charge in [-0.05, 0) is 51.3 Å². The van der Waals surface area contributed by atoms with Crippen LogP contribution in [0.2, 0.25) is 0 Å². The zero-order valence-electron chi connectivity index (χ0n) is 15.8. The van der Waals surface area contributed by atoms with Crippen LogP contribution in [0.15, 0.2) is 16.7 Å². The van der Waals surface area contributed by atoms with Gasteiger partial charge in [-0.1, -0.05) is 0 Å². The number of carbonyl (C=O) groups excluding carboxylic acids is 2. The number of aromatic nitrogens is 2. The van der Waals surface area contributed by atoms with Gasteiger partial charge >= 0.3 is 0 Å². The molecule has 1 N–H and O–H groups in total.